The van der Waals surface area contributed by atoms with Gasteiger partial charge in [0.2, 0.25) is 5.91 Å². The average Bonchev–Trinajstić information content (AvgIpc) is 2.95. The lowest BCUT2D eigenvalue weighted by molar-refractivity contribution is -0.132. The zero-order valence-corrected chi connectivity index (χ0v) is 14.0. The summed E-state index contributed by atoms with van der Waals surface area (Å²) in [5.41, 5.74) is 0.975. The monoisotopic (exact) mass is 351 g/mol. The first-order valence-electron chi connectivity index (χ1n) is 7.57. The van der Waals surface area contributed by atoms with Crippen molar-refractivity contribution in [1.82, 2.24) is 14.7 Å². The van der Waals surface area contributed by atoms with Gasteiger partial charge in [-0.3, -0.25) is 9.48 Å². The molecule has 1 unspecified atom stereocenters. The first-order chi connectivity index (χ1) is 11.4. The van der Waals surface area contributed by atoms with Crippen LogP contribution in [0.2, 0.25) is 0 Å². The number of sulfone groups is 1. The number of aryl methyl sites for hydroxylation is 1. The number of carbonyl (C=O) groups excluding carboxylic acids is 1. The van der Waals surface area contributed by atoms with Gasteiger partial charge in [0.1, 0.15) is 5.82 Å². The van der Waals surface area contributed by atoms with Gasteiger partial charge in [-0.05, 0) is 11.6 Å². The van der Waals surface area contributed by atoms with Gasteiger partial charge >= 0.3 is 0 Å². The topological polar surface area (TPSA) is 72.3 Å². The van der Waals surface area contributed by atoms with Crippen LogP contribution < -0.4 is 0 Å². The highest BCUT2D eigenvalue weighted by molar-refractivity contribution is 7.91. The molecule has 1 saturated heterocycles. The Kier molecular flexibility index (Phi) is 4.40. The molecule has 3 rings (SSSR count). The molecule has 8 heteroatoms. The molecule has 1 atom stereocenters. The van der Waals surface area contributed by atoms with E-state index >= 15 is 0 Å². The van der Waals surface area contributed by atoms with Crippen molar-refractivity contribution in [3.8, 4) is 0 Å². The molecule has 128 valence electrons. The lowest BCUT2D eigenvalue weighted by atomic mass is 10.1. The Morgan fingerprint density at radius 1 is 1.38 bits per heavy atom. The van der Waals surface area contributed by atoms with Crippen LogP contribution in [0.3, 0.4) is 0 Å². The second kappa shape index (κ2) is 6.35. The standard InChI is InChI=1S/C16H18FN3O3S/c1-19-10-13(9-18-19)15-11-24(22,23)7-6-20(15)16(21)8-12-4-2-3-5-14(12)17/h2-5,9-10,15H,6-8,11H2,1H3. The molecule has 0 N–H and O–H groups in total. The molecule has 1 aromatic carbocycles. The summed E-state index contributed by atoms with van der Waals surface area (Å²) in [5.74, 6) is -0.939. The average molecular weight is 351 g/mol. The Balaban J connectivity index is 1.86. The van der Waals surface area contributed by atoms with E-state index in [1.807, 2.05) is 0 Å². The molecule has 6 nitrogen and oxygen atoms in total. The Hall–Kier alpha value is -2.22. The van der Waals surface area contributed by atoms with E-state index in [4.69, 9.17) is 0 Å². The molecular formula is C16H18FN3O3S. The maximum absolute atomic E-state index is 13.8. The van der Waals surface area contributed by atoms with Crippen molar-refractivity contribution in [3.63, 3.8) is 0 Å². The van der Waals surface area contributed by atoms with E-state index < -0.39 is 21.7 Å². The minimum atomic E-state index is -3.22. The number of carbonyl (C=O) groups is 1. The maximum Gasteiger partial charge on any atom is 0.227 e. The lowest BCUT2D eigenvalue weighted by Gasteiger charge is -2.35. The summed E-state index contributed by atoms with van der Waals surface area (Å²) in [5, 5.41) is 4.06. The maximum atomic E-state index is 13.8. The number of nitrogens with zero attached hydrogens (tertiary/aromatic N) is 3. The third-order valence-electron chi connectivity index (χ3n) is 4.16. The minimum absolute atomic E-state index is 0.0766. The van der Waals surface area contributed by atoms with Gasteiger partial charge in [-0.15, -0.1) is 0 Å². The number of aromatic nitrogens is 2. The first-order valence-corrected chi connectivity index (χ1v) is 9.40. The third-order valence-corrected chi connectivity index (χ3v) is 5.79. The first kappa shape index (κ1) is 16.6. The van der Waals surface area contributed by atoms with Crippen LogP contribution in [-0.2, 0) is 28.1 Å². The number of hydrogen-bond acceptors (Lipinski definition) is 4. The summed E-state index contributed by atoms with van der Waals surface area (Å²) in [7, 11) is -1.49. The van der Waals surface area contributed by atoms with Gasteiger partial charge in [0.25, 0.3) is 0 Å². The van der Waals surface area contributed by atoms with Gasteiger partial charge in [-0.2, -0.15) is 5.10 Å². The van der Waals surface area contributed by atoms with Crippen molar-refractivity contribution in [2.75, 3.05) is 18.1 Å². The van der Waals surface area contributed by atoms with E-state index in [1.54, 1.807) is 42.3 Å². The van der Waals surface area contributed by atoms with Crippen LogP contribution in [-0.4, -0.2) is 47.1 Å². The summed E-state index contributed by atoms with van der Waals surface area (Å²) in [6.07, 6.45) is 3.17. The molecule has 1 fully saturated rings. The SMILES string of the molecule is Cn1cc(C2CS(=O)(=O)CCN2C(=O)Cc2ccccc2F)cn1. The van der Waals surface area contributed by atoms with Gasteiger partial charge in [0.05, 0.1) is 30.2 Å². The summed E-state index contributed by atoms with van der Waals surface area (Å²) in [6.45, 7) is 0.106. The molecule has 2 heterocycles. The normalized spacial score (nSPS) is 20.1. The van der Waals surface area contributed by atoms with Crippen LogP contribution in [0, 0.1) is 5.82 Å². The number of amides is 1. The molecule has 1 aliphatic heterocycles. The highest BCUT2D eigenvalue weighted by Crippen LogP contribution is 2.27. The predicted octanol–water partition coefficient (Wildman–Crippen LogP) is 1.10. The van der Waals surface area contributed by atoms with Crippen molar-refractivity contribution in [3.05, 3.63) is 53.6 Å². The zero-order chi connectivity index (χ0) is 17.3. The molecule has 2 aromatic rings. The van der Waals surface area contributed by atoms with Crippen molar-refractivity contribution < 1.29 is 17.6 Å². The Labute approximate surface area is 139 Å². The molecular weight excluding hydrogens is 333 g/mol. The van der Waals surface area contributed by atoms with Crippen molar-refractivity contribution in [2.45, 2.75) is 12.5 Å². The van der Waals surface area contributed by atoms with E-state index in [0.29, 0.717) is 11.1 Å². The van der Waals surface area contributed by atoms with Gasteiger partial charge in [0.15, 0.2) is 9.84 Å². The third kappa shape index (κ3) is 3.48. The van der Waals surface area contributed by atoms with Gasteiger partial charge in [-0.25, -0.2) is 12.8 Å². The van der Waals surface area contributed by atoms with Crippen LogP contribution in [0.4, 0.5) is 4.39 Å². The highest BCUT2D eigenvalue weighted by atomic mass is 32.2. The summed E-state index contributed by atoms with van der Waals surface area (Å²) in [6, 6.07) is 5.52. The zero-order valence-electron chi connectivity index (χ0n) is 13.2. The van der Waals surface area contributed by atoms with E-state index in [-0.39, 0.29) is 30.4 Å². The fraction of sp³-hybridized carbons (Fsp3) is 0.375. The van der Waals surface area contributed by atoms with Crippen molar-refractivity contribution in [2.24, 2.45) is 7.05 Å². The van der Waals surface area contributed by atoms with Crippen LogP contribution in [0.25, 0.3) is 0 Å². The fourth-order valence-electron chi connectivity index (χ4n) is 2.90. The number of rotatable bonds is 3. The molecule has 1 amide bonds. The van der Waals surface area contributed by atoms with Crippen LogP contribution in [0.15, 0.2) is 36.7 Å². The van der Waals surface area contributed by atoms with Gasteiger partial charge < -0.3 is 4.90 Å². The van der Waals surface area contributed by atoms with Crippen molar-refractivity contribution >= 4 is 15.7 Å². The number of halogens is 1. The highest BCUT2D eigenvalue weighted by Gasteiger charge is 2.35. The van der Waals surface area contributed by atoms with Crippen LogP contribution in [0.1, 0.15) is 17.2 Å². The molecule has 0 radical (unpaired) electrons. The summed E-state index contributed by atoms with van der Waals surface area (Å²) < 4.78 is 39.3. The largest absolute Gasteiger partial charge is 0.333 e. The molecule has 1 aliphatic rings. The van der Waals surface area contributed by atoms with E-state index in [9.17, 15) is 17.6 Å². The summed E-state index contributed by atoms with van der Waals surface area (Å²) in [4.78, 5) is 14.2. The minimum Gasteiger partial charge on any atom is -0.333 e. The quantitative estimate of drug-likeness (QED) is 0.830. The van der Waals surface area contributed by atoms with E-state index in [1.165, 1.54) is 11.0 Å². The summed E-state index contributed by atoms with van der Waals surface area (Å²) >= 11 is 0. The second-order valence-corrected chi connectivity index (χ2v) is 8.16. The van der Waals surface area contributed by atoms with Gasteiger partial charge in [0, 0.05) is 25.4 Å². The number of hydrogen-bond donors (Lipinski definition) is 0. The van der Waals surface area contributed by atoms with Crippen LogP contribution in [0.5, 0.6) is 0 Å². The second-order valence-electron chi connectivity index (χ2n) is 5.93. The Bertz CT molecular complexity index is 863. The Morgan fingerprint density at radius 2 is 2.12 bits per heavy atom. The van der Waals surface area contributed by atoms with E-state index in [0.717, 1.165) is 0 Å². The molecule has 0 spiro atoms. The molecule has 0 bridgehead atoms. The van der Waals surface area contributed by atoms with Gasteiger partial charge in [-0.1, -0.05) is 18.2 Å². The molecule has 1 aromatic heterocycles. The lowest BCUT2D eigenvalue weighted by Crippen LogP contribution is -2.46. The number of benzene rings is 1. The van der Waals surface area contributed by atoms with E-state index in [2.05, 4.69) is 5.10 Å². The molecule has 0 aliphatic carbocycles. The fourth-order valence-corrected chi connectivity index (χ4v) is 4.40. The smallest absolute Gasteiger partial charge is 0.227 e. The van der Waals surface area contributed by atoms with Crippen molar-refractivity contribution in [1.29, 1.82) is 0 Å². The Morgan fingerprint density at radius 3 is 2.79 bits per heavy atom. The predicted molar refractivity (Wildman–Crippen MR) is 86.4 cm³/mol. The molecule has 24 heavy (non-hydrogen) atoms. The molecule has 0 saturated carbocycles. The van der Waals surface area contributed by atoms with Crippen LogP contribution >= 0.6 is 0 Å².